The lowest BCUT2D eigenvalue weighted by atomic mass is 10.2. The Kier molecular flexibility index (Phi) is 4.53. The van der Waals surface area contributed by atoms with Gasteiger partial charge in [0.05, 0.1) is 10.7 Å². The number of hydrogen-bond donors (Lipinski definition) is 2. The van der Waals surface area contributed by atoms with Crippen LogP contribution in [0.2, 0.25) is 5.02 Å². The van der Waals surface area contributed by atoms with E-state index in [1.165, 1.54) is 0 Å². The molecule has 0 unspecified atom stereocenters. The van der Waals surface area contributed by atoms with E-state index < -0.39 is 0 Å². The molecule has 20 heavy (non-hydrogen) atoms. The molecule has 1 heterocycles. The molecule has 0 bridgehead atoms. The SMILES string of the molecule is CCNc1ccc(C(=O)Nc2cc(C)ccc2Cl)nn1. The zero-order valence-corrected chi connectivity index (χ0v) is 12.0. The molecule has 2 rings (SSSR count). The van der Waals surface area contributed by atoms with Crippen molar-refractivity contribution in [3.63, 3.8) is 0 Å². The smallest absolute Gasteiger partial charge is 0.276 e. The fourth-order valence-corrected chi connectivity index (χ4v) is 1.81. The standard InChI is InChI=1S/C14H15ClN4O/c1-3-16-13-7-6-11(18-19-13)14(20)17-12-8-9(2)4-5-10(12)15/h4-8H,3H2,1-2H3,(H,16,19)(H,17,20). The van der Waals surface area contributed by atoms with Gasteiger partial charge >= 0.3 is 0 Å². The summed E-state index contributed by atoms with van der Waals surface area (Å²) in [6.45, 7) is 4.64. The molecule has 1 aromatic heterocycles. The van der Waals surface area contributed by atoms with Crippen molar-refractivity contribution in [3.8, 4) is 0 Å². The van der Waals surface area contributed by atoms with Gasteiger partial charge in [0.2, 0.25) is 0 Å². The van der Waals surface area contributed by atoms with Crippen molar-refractivity contribution in [1.29, 1.82) is 0 Å². The fourth-order valence-electron chi connectivity index (χ4n) is 1.65. The number of benzene rings is 1. The monoisotopic (exact) mass is 290 g/mol. The van der Waals surface area contributed by atoms with Crippen molar-refractivity contribution in [2.24, 2.45) is 0 Å². The Morgan fingerprint density at radius 3 is 2.70 bits per heavy atom. The van der Waals surface area contributed by atoms with Crippen LogP contribution in [0, 0.1) is 6.92 Å². The van der Waals surface area contributed by atoms with Crippen molar-refractivity contribution >= 4 is 29.0 Å². The number of carbonyl (C=O) groups is 1. The molecule has 0 radical (unpaired) electrons. The Morgan fingerprint density at radius 2 is 2.05 bits per heavy atom. The number of aryl methyl sites for hydroxylation is 1. The van der Waals surface area contributed by atoms with Crippen LogP contribution in [0.15, 0.2) is 30.3 Å². The van der Waals surface area contributed by atoms with Gasteiger partial charge < -0.3 is 10.6 Å². The Morgan fingerprint density at radius 1 is 1.25 bits per heavy atom. The van der Waals surface area contributed by atoms with E-state index in [0.29, 0.717) is 16.5 Å². The summed E-state index contributed by atoms with van der Waals surface area (Å²) in [6, 6.07) is 8.75. The molecular formula is C14H15ClN4O. The normalized spacial score (nSPS) is 10.2. The highest BCUT2D eigenvalue weighted by Gasteiger charge is 2.10. The van der Waals surface area contributed by atoms with E-state index in [1.54, 1.807) is 24.3 Å². The van der Waals surface area contributed by atoms with Crippen LogP contribution in [-0.2, 0) is 0 Å². The number of rotatable bonds is 4. The second-order valence-electron chi connectivity index (χ2n) is 4.27. The lowest BCUT2D eigenvalue weighted by Crippen LogP contribution is -2.15. The number of nitrogens with one attached hydrogen (secondary N) is 2. The Balaban J connectivity index is 2.13. The predicted molar refractivity (Wildman–Crippen MR) is 80.3 cm³/mol. The highest BCUT2D eigenvalue weighted by molar-refractivity contribution is 6.33. The van der Waals surface area contributed by atoms with Gasteiger partial charge in [-0.15, -0.1) is 10.2 Å². The first kappa shape index (κ1) is 14.3. The van der Waals surface area contributed by atoms with E-state index in [2.05, 4.69) is 20.8 Å². The molecule has 0 aliphatic heterocycles. The minimum absolute atomic E-state index is 0.240. The van der Waals surface area contributed by atoms with Crippen LogP contribution in [0.4, 0.5) is 11.5 Å². The van der Waals surface area contributed by atoms with Gasteiger partial charge in [-0.25, -0.2) is 0 Å². The summed E-state index contributed by atoms with van der Waals surface area (Å²) in [5, 5.41) is 14.0. The third-order valence-corrected chi connectivity index (χ3v) is 2.95. The Hall–Kier alpha value is -2.14. The van der Waals surface area contributed by atoms with Crippen LogP contribution < -0.4 is 10.6 Å². The highest BCUT2D eigenvalue weighted by Crippen LogP contribution is 2.23. The van der Waals surface area contributed by atoms with E-state index in [9.17, 15) is 4.79 Å². The molecule has 2 N–H and O–H groups in total. The minimum Gasteiger partial charge on any atom is -0.369 e. The maximum atomic E-state index is 12.1. The van der Waals surface area contributed by atoms with Crippen LogP contribution in [0.3, 0.4) is 0 Å². The van der Waals surface area contributed by atoms with Gasteiger partial charge in [-0.2, -0.15) is 0 Å². The molecule has 2 aromatic rings. The van der Waals surface area contributed by atoms with Crippen LogP contribution in [0.5, 0.6) is 0 Å². The van der Waals surface area contributed by atoms with Crippen LogP contribution in [0.25, 0.3) is 0 Å². The molecule has 0 spiro atoms. The second kappa shape index (κ2) is 6.34. The molecule has 0 saturated heterocycles. The second-order valence-corrected chi connectivity index (χ2v) is 4.68. The van der Waals surface area contributed by atoms with Crippen LogP contribution >= 0.6 is 11.6 Å². The van der Waals surface area contributed by atoms with Crippen molar-refractivity contribution in [3.05, 3.63) is 46.6 Å². The summed E-state index contributed by atoms with van der Waals surface area (Å²) in [6.07, 6.45) is 0. The maximum Gasteiger partial charge on any atom is 0.276 e. The van der Waals surface area contributed by atoms with Gasteiger partial charge in [0.25, 0.3) is 5.91 Å². The first-order chi connectivity index (χ1) is 9.60. The molecule has 0 fully saturated rings. The number of carbonyl (C=O) groups excluding carboxylic acids is 1. The van der Waals surface area contributed by atoms with Crippen molar-refractivity contribution in [1.82, 2.24) is 10.2 Å². The fraction of sp³-hybridized carbons (Fsp3) is 0.214. The Bertz CT molecular complexity index is 613. The largest absolute Gasteiger partial charge is 0.369 e. The molecule has 5 nitrogen and oxygen atoms in total. The zero-order chi connectivity index (χ0) is 14.5. The molecular weight excluding hydrogens is 276 g/mol. The van der Waals surface area contributed by atoms with Crippen molar-refractivity contribution in [2.45, 2.75) is 13.8 Å². The van der Waals surface area contributed by atoms with Gasteiger partial charge in [-0.1, -0.05) is 17.7 Å². The van der Waals surface area contributed by atoms with E-state index in [0.717, 1.165) is 12.1 Å². The molecule has 0 saturated carbocycles. The topological polar surface area (TPSA) is 66.9 Å². The summed E-state index contributed by atoms with van der Waals surface area (Å²) < 4.78 is 0. The van der Waals surface area contributed by atoms with Gasteiger partial charge in [-0.3, -0.25) is 4.79 Å². The maximum absolute atomic E-state index is 12.1. The lowest BCUT2D eigenvalue weighted by Gasteiger charge is -2.08. The highest BCUT2D eigenvalue weighted by atomic mass is 35.5. The third-order valence-electron chi connectivity index (χ3n) is 2.63. The summed E-state index contributed by atoms with van der Waals surface area (Å²) in [7, 11) is 0. The van der Waals surface area contributed by atoms with E-state index >= 15 is 0 Å². The number of nitrogens with zero attached hydrogens (tertiary/aromatic N) is 2. The van der Waals surface area contributed by atoms with E-state index in [-0.39, 0.29) is 11.6 Å². The number of amides is 1. The van der Waals surface area contributed by atoms with Gasteiger partial charge in [0, 0.05) is 6.54 Å². The number of aromatic nitrogens is 2. The number of hydrogen-bond acceptors (Lipinski definition) is 4. The van der Waals surface area contributed by atoms with Gasteiger partial charge in [0.1, 0.15) is 5.82 Å². The van der Waals surface area contributed by atoms with Crippen molar-refractivity contribution in [2.75, 3.05) is 17.2 Å². The number of halogens is 1. The van der Waals surface area contributed by atoms with Crippen LogP contribution in [0.1, 0.15) is 23.0 Å². The summed E-state index contributed by atoms with van der Waals surface area (Å²) >= 11 is 6.03. The minimum atomic E-state index is -0.340. The van der Waals surface area contributed by atoms with Crippen molar-refractivity contribution < 1.29 is 4.79 Å². The molecule has 1 amide bonds. The molecule has 0 aliphatic rings. The third kappa shape index (κ3) is 3.45. The first-order valence-electron chi connectivity index (χ1n) is 6.25. The zero-order valence-electron chi connectivity index (χ0n) is 11.3. The predicted octanol–water partition coefficient (Wildman–Crippen LogP) is 3.12. The molecule has 1 aromatic carbocycles. The quantitative estimate of drug-likeness (QED) is 0.908. The number of anilines is 2. The van der Waals surface area contributed by atoms with Crippen LogP contribution in [-0.4, -0.2) is 22.6 Å². The van der Waals surface area contributed by atoms with Gasteiger partial charge in [0.15, 0.2) is 5.69 Å². The average Bonchev–Trinajstić information content (AvgIpc) is 2.44. The summed E-state index contributed by atoms with van der Waals surface area (Å²) in [5.41, 5.74) is 1.82. The molecule has 104 valence electrons. The van der Waals surface area contributed by atoms with Gasteiger partial charge in [-0.05, 0) is 43.7 Å². The molecule has 0 atom stereocenters. The molecule has 0 aliphatic carbocycles. The summed E-state index contributed by atoms with van der Waals surface area (Å²) in [5.74, 6) is 0.297. The lowest BCUT2D eigenvalue weighted by molar-refractivity contribution is 0.102. The Labute approximate surface area is 122 Å². The average molecular weight is 291 g/mol. The van der Waals surface area contributed by atoms with E-state index in [4.69, 9.17) is 11.6 Å². The molecule has 6 heteroatoms. The first-order valence-corrected chi connectivity index (χ1v) is 6.63. The van der Waals surface area contributed by atoms with E-state index in [1.807, 2.05) is 19.9 Å². The summed E-state index contributed by atoms with van der Waals surface area (Å²) in [4.78, 5) is 12.1.